The van der Waals surface area contributed by atoms with Crippen LogP contribution in [0.4, 0.5) is 4.39 Å². The van der Waals surface area contributed by atoms with Crippen LogP contribution in [-0.4, -0.2) is 19.3 Å². The highest BCUT2D eigenvalue weighted by atomic mass is 19.1. The lowest BCUT2D eigenvalue weighted by molar-refractivity contribution is 0.0412. The molecule has 2 unspecified atom stereocenters. The zero-order chi connectivity index (χ0) is 12.1. The van der Waals surface area contributed by atoms with Gasteiger partial charge in [0, 0.05) is 25.3 Å². The monoisotopic (exact) mass is 237 g/mol. The summed E-state index contributed by atoms with van der Waals surface area (Å²) in [5.41, 5.74) is 0.730. The van der Waals surface area contributed by atoms with Crippen molar-refractivity contribution in [3.63, 3.8) is 0 Å². The SMILES string of the molecule is COC1CCCCC1NCc1ccccc1F. The van der Waals surface area contributed by atoms with E-state index in [1.165, 1.54) is 18.9 Å². The van der Waals surface area contributed by atoms with Gasteiger partial charge in [-0.25, -0.2) is 4.39 Å². The Bertz CT molecular complexity index is 356. The summed E-state index contributed by atoms with van der Waals surface area (Å²) in [5, 5.41) is 3.41. The van der Waals surface area contributed by atoms with E-state index in [1.807, 2.05) is 12.1 Å². The summed E-state index contributed by atoms with van der Waals surface area (Å²) in [4.78, 5) is 0. The van der Waals surface area contributed by atoms with E-state index in [2.05, 4.69) is 5.32 Å². The van der Waals surface area contributed by atoms with Crippen LogP contribution in [0.2, 0.25) is 0 Å². The molecular formula is C14H20FNO. The average molecular weight is 237 g/mol. The molecule has 0 aromatic heterocycles. The molecule has 94 valence electrons. The Hall–Kier alpha value is -0.930. The van der Waals surface area contributed by atoms with Crippen LogP contribution >= 0.6 is 0 Å². The van der Waals surface area contributed by atoms with Crippen molar-refractivity contribution in [2.75, 3.05) is 7.11 Å². The highest BCUT2D eigenvalue weighted by Gasteiger charge is 2.24. The van der Waals surface area contributed by atoms with Crippen LogP contribution in [0.1, 0.15) is 31.2 Å². The molecule has 1 saturated carbocycles. The second-order valence-electron chi connectivity index (χ2n) is 4.64. The first-order valence-electron chi connectivity index (χ1n) is 6.31. The molecule has 2 rings (SSSR count). The van der Waals surface area contributed by atoms with Crippen LogP contribution in [0.5, 0.6) is 0 Å². The van der Waals surface area contributed by atoms with Crippen molar-refractivity contribution in [1.29, 1.82) is 0 Å². The second-order valence-corrected chi connectivity index (χ2v) is 4.64. The molecule has 1 N–H and O–H groups in total. The van der Waals surface area contributed by atoms with Crippen molar-refractivity contribution in [1.82, 2.24) is 5.32 Å². The topological polar surface area (TPSA) is 21.3 Å². The minimum Gasteiger partial charge on any atom is -0.380 e. The van der Waals surface area contributed by atoms with E-state index in [1.54, 1.807) is 13.2 Å². The summed E-state index contributed by atoms with van der Waals surface area (Å²) in [7, 11) is 1.76. The van der Waals surface area contributed by atoms with Gasteiger partial charge in [0.1, 0.15) is 5.82 Å². The van der Waals surface area contributed by atoms with Gasteiger partial charge in [0.05, 0.1) is 6.10 Å². The average Bonchev–Trinajstić information content (AvgIpc) is 2.38. The molecule has 17 heavy (non-hydrogen) atoms. The molecule has 2 atom stereocenters. The van der Waals surface area contributed by atoms with E-state index in [4.69, 9.17) is 4.74 Å². The van der Waals surface area contributed by atoms with E-state index < -0.39 is 0 Å². The Morgan fingerprint density at radius 2 is 2.06 bits per heavy atom. The van der Waals surface area contributed by atoms with Crippen LogP contribution in [0.3, 0.4) is 0 Å². The fourth-order valence-electron chi connectivity index (χ4n) is 2.50. The van der Waals surface area contributed by atoms with E-state index in [-0.39, 0.29) is 11.9 Å². The number of ether oxygens (including phenoxy) is 1. The lowest BCUT2D eigenvalue weighted by atomic mass is 9.92. The van der Waals surface area contributed by atoms with E-state index in [0.717, 1.165) is 18.4 Å². The zero-order valence-corrected chi connectivity index (χ0v) is 10.3. The van der Waals surface area contributed by atoms with Crippen molar-refractivity contribution in [2.24, 2.45) is 0 Å². The molecule has 0 heterocycles. The van der Waals surface area contributed by atoms with E-state index >= 15 is 0 Å². The minimum atomic E-state index is -0.134. The number of rotatable bonds is 4. The third-order valence-electron chi connectivity index (χ3n) is 3.52. The molecule has 0 saturated heterocycles. The van der Waals surface area contributed by atoms with Crippen LogP contribution in [0.15, 0.2) is 24.3 Å². The normalized spacial score (nSPS) is 24.8. The van der Waals surface area contributed by atoms with E-state index in [0.29, 0.717) is 12.6 Å². The molecule has 1 fully saturated rings. The van der Waals surface area contributed by atoms with Crippen molar-refractivity contribution < 1.29 is 9.13 Å². The van der Waals surface area contributed by atoms with Crippen LogP contribution in [0, 0.1) is 5.82 Å². The zero-order valence-electron chi connectivity index (χ0n) is 10.3. The van der Waals surface area contributed by atoms with Gasteiger partial charge >= 0.3 is 0 Å². The summed E-state index contributed by atoms with van der Waals surface area (Å²) in [6.07, 6.45) is 4.96. The summed E-state index contributed by atoms with van der Waals surface area (Å²) in [5.74, 6) is -0.134. The number of hydrogen-bond donors (Lipinski definition) is 1. The number of hydrogen-bond acceptors (Lipinski definition) is 2. The summed E-state index contributed by atoms with van der Waals surface area (Å²) >= 11 is 0. The quantitative estimate of drug-likeness (QED) is 0.869. The first kappa shape index (κ1) is 12.5. The molecule has 0 bridgehead atoms. The second kappa shape index (κ2) is 6.12. The number of benzene rings is 1. The van der Waals surface area contributed by atoms with Gasteiger partial charge in [-0.15, -0.1) is 0 Å². The van der Waals surface area contributed by atoms with Gasteiger partial charge in [0.25, 0.3) is 0 Å². The molecule has 1 aliphatic carbocycles. The molecule has 1 aromatic rings. The van der Waals surface area contributed by atoms with Gasteiger partial charge in [-0.2, -0.15) is 0 Å². The molecule has 1 aromatic carbocycles. The number of methoxy groups -OCH3 is 1. The van der Waals surface area contributed by atoms with Crippen LogP contribution in [-0.2, 0) is 11.3 Å². The maximum absolute atomic E-state index is 13.5. The van der Waals surface area contributed by atoms with Gasteiger partial charge in [0.15, 0.2) is 0 Å². The lowest BCUT2D eigenvalue weighted by Crippen LogP contribution is -2.42. The van der Waals surface area contributed by atoms with Gasteiger partial charge in [0.2, 0.25) is 0 Å². The molecule has 3 heteroatoms. The first-order chi connectivity index (χ1) is 8.31. The molecule has 1 aliphatic rings. The lowest BCUT2D eigenvalue weighted by Gasteiger charge is -2.31. The van der Waals surface area contributed by atoms with E-state index in [9.17, 15) is 4.39 Å². The Kier molecular flexibility index (Phi) is 4.51. The molecule has 0 aliphatic heterocycles. The maximum atomic E-state index is 13.5. The standard InChI is InChI=1S/C14H20FNO/c1-17-14-9-5-4-8-13(14)16-10-11-6-2-3-7-12(11)15/h2-3,6-7,13-14,16H,4-5,8-10H2,1H3. The third-order valence-corrected chi connectivity index (χ3v) is 3.52. The summed E-state index contributed by atoms with van der Waals surface area (Å²) in [6.45, 7) is 0.581. The Balaban J connectivity index is 1.90. The largest absolute Gasteiger partial charge is 0.380 e. The Morgan fingerprint density at radius 1 is 1.29 bits per heavy atom. The fourth-order valence-corrected chi connectivity index (χ4v) is 2.50. The molecular weight excluding hydrogens is 217 g/mol. The summed E-state index contributed by atoms with van der Waals surface area (Å²) in [6, 6.07) is 7.28. The number of halogens is 1. The molecule has 0 radical (unpaired) electrons. The van der Waals surface area contributed by atoms with Gasteiger partial charge in [-0.05, 0) is 18.9 Å². The summed E-state index contributed by atoms with van der Waals surface area (Å²) < 4.78 is 18.9. The Morgan fingerprint density at radius 3 is 2.82 bits per heavy atom. The number of nitrogens with one attached hydrogen (secondary N) is 1. The highest BCUT2D eigenvalue weighted by molar-refractivity contribution is 5.17. The molecule has 0 spiro atoms. The predicted molar refractivity (Wildman–Crippen MR) is 66.3 cm³/mol. The smallest absolute Gasteiger partial charge is 0.127 e. The third kappa shape index (κ3) is 3.27. The molecule has 0 amide bonds. The fraction of sp³-hybridized carbons (Fsp3) is 0.571. The van der Waals surface area contributed by atoms with Crippen molar-refractivity contribution in [2.45, 2.75) is 44.4 Å². The van der Waals surface area contributed by atoms with Crippen LogP contribution < -0.4 is 5.32 Å². The van der Waals surface area contributed by atoms with Gasteiger partial charge in [-0.3, -0.25) is 0 Å². The van der Waals surface area contributed by atoms with Crippen molar-refractivity contribution >= 4 is 0 Å². The molecule has 2 nitrogen and oxygen atoms in total. The van der Waals surface area contributed by atoms with Crippen molar-refractivity contribution in [3.8, 4) is 0 Å². The highest BCUT2D eigenvalue weighted by Crippen LogP contribution is 2.21. The minimum absolute atomic E-state index is 0.134. The van der Waals surface area contributed by atoms with Crippen molar-refractivity contribution in [3.05, 3.63) is 35.6 Å². The van der Waals surface area contributed by atoms with Crippen LogP contribution in [0.25, 0.3) is 0 Å². The maximum Gasteiger partial charge on any atom is 0.127 e. The Labute approximate surface area is 102 Å². The van der Waals surface area contributed by atoms with Gasteiger partial charge < -0.3 is 10.1 Å². The predicted octanol–water partition coefficient (Wildman–Crippen LogP) is 2.87. The first-order valence-corrected chi connectivity index (χ1v) is 6.31. The van der Waals surface area contributed by atoms with Gasteiger partial charge in [-0.1, -0.05) is 31.0 Å².